The number of piperazine rings is 1. The number of hydrogen-bond acceptors (Lipinski definition) is 8. The molecule has 3 aliphatic rings. The van der Waals surface area contributed by atoms with Crippen molar-refractivity contribution in [2.75, 3.05) is 62.2 Å². The predicted molar refractivity (Wildman–Crippen MR) is 199 cm³/mol. The lowest BCUT2D eigenvalue weighted by atomic mass is 9.89. The van der Waals surface area contributed by atoms with Gasteiger partial charge in [0, 0.05) is 52.4 Å². The maximum atomic E-state index is 12.6. The Bertz CT molecular complexity index is 1770. The Hall–Kier alpha value is -3.96. The van der Waals surface area contributed by atoms with Crippen molar-refractivity contribution in [1.82, 2.24) is 19.8 Å². The Morgan fingerprint density at radius 3 is 2.67 bits per heavy atom. The van der Waals surface area contributed by atoms with Gasteiger partial charge in [0.1, 0.15) is 18.5 Å². The maximum absolute atomic E-state index is 12.6. The van der Waals surface area contributed by atoms with Crippen LogP contribution in [0.2, 0.25) is 0 Å². The SMILES string of the molecule is [C-]#[N+]C[C@H]1CN(c2nc(OC[C@@H]3CCCN3CCC(C)(C)C(=O)O)nc3c2CCN(c2cccc4cccc(I)c24)C3)CCN1C(=O)C=C. The van der Waals surface area contributed by atoms with E-state index in [-0.39, 0.29) is 24.5 Å². The van der Waals surface area contributed by atoms with Crippen molar-refractivity contribution in [2.45, 2.75) is 58.2 Å². The summed E-state index contributed by atoms with van der Waals surface area (Å²) in [5, 5.41) is 12.1. The van der Waals surface area contributed by atoms with Gasteiger partial charge in [0.25, 0.3) is 0 Å². The number of benzene rings is 2. The molecule has 2 fully saturated rings. The lowest BCUT2D eigenvalue weighted by molar-refractivity contribution is -0.147. The zero-order valence-electron chi connectivity index (χ0n) is 28.3. The molecule has 3 aliphatic heterocycles. The van der Waals surface area contributed by atoms with E-state index in [0.29, 0.717) is 51.8 Å². The van der Waals surface area contributed by atoms with Gasteiger partial charge in [0.2, 0.25) is 12.5 Å². The van der Waals surface area contributed by atoms with Gasteiger partial charge in [-0.3, -0.25) is 14.5 Å². The highest BCUT2D eigenvalue weighted by atomic mass is 127. The smallest absolute Gasteiger partial charge is 0.318 e. The first-order valence-electron chi connectivity index (χ1n) is 17.0. The molecule has 1 aromatic heterocycles. The zero-order chi connectivity index (χ0) is 34.7. The molecule has 6 rings (SSSR count). The summed E-state index contributed by atoms with van der Waals surface area (Å²) >= 11 is 2.41. The summed E-state index contributed by atoms with van der Waals surface area (Å²) in [7, 11) is 0. The first kappa shape index (κ1) is 34.9. The molecule has 4 heterocycles. The van der Waals surface area contributed by atoms with Gasteiger partial charge in [-0.05, 0) is 98.8 Å². The summed E-state index contributed by atoms with van der Waals surface area (Å²) in [5.41, 5.74) is 2.40. The molecule has 258 valence electrons. The van der Waals surface area contributed by atoms with Crippen molar-refractivity contribution in [3.05, 3.63) is 75.3 Å². The van der Waals surface area contributed by atoms with E-state index in [1.54, 1.807) is 18.7 Å². The molecule has 0 unspecified atom stereocenters. The molecular weight excluding hydrogens is 733 g/mol. The Kier molecular flexibility index (Phi) is 10.6. The van der Waals surface area contributed by atoms with Crippen molar-refractivity contribution >= 4 is 56.7 Å². The van der Waals surface area contributed by atoms with Gasteiger partial charge >= 0.3 is 12.0 Å². The summed E-state index contributed by atoms with van der Waals surface area (Å²) < 4.78 is 7.63. The van der Waals surface area contributed by atoms with Crippen molar-refractivity contribution in [1.29, 1.82) is 0 Å². The molecule has 0 aliphatic carbocycles. The van der Waals surface area contributed by atoms with E-state index in [1.165, 1.54) is 26.1 Å². The molecule has 2 atom stereocenters. The van der Waals surface area contributed by atoms with Crippen LogP contribution in [0.3, 0.4) is 0 Å². The third-order valence-corrected chi connectivity index (χ3v) is 11.1. The van der Waals surface area contributed by atoms with Crippen LogP contribution in [-0.4, -0.2) is 101 Å². The summed E-state index contributed by atoms with van der Waals surface area (Å²) in [6.45, 7) is 20.0. The highest BCUT2D eigenvalue weighted by Crippen LogP contribution is 2.36. The van der Waals surface area contributed by atoms with Gasteiger partial charge in [-0.15, -0.1) is 0 Å². The highest BCUT2D eigenvalue weighted by molar-refractivity contribution is 14.1. The number of amides is 1. The number of fused-ring (bicyclic) bond motifs is 2. The number of anilines is 2. The molecule has 3 aromatic rings. The topological polar surface area (TPSA) is 107 Å². The minimum Gasteiger partial charge on any atom is -0.481 e. The predicted octanol–water partition coefficient (Wildman–Crippen LogP) is 5.26. The van der Waals surface area contributed by atoms with Crippen molar-refractivity contribution in [2.24, 2.45) is 5.41 Å². The van der Waals surface area contributed by atoms with Gasteiger partial charge in [0.05, 0.1) is 17.7 Å². The van der Waals surface area contributed by atoms with E-state index in [9.17, 15) is 14.7 Å². The number of carbonyl (C=O) groups excluding carboxylic acids is 1. The fourth-order valence-electron chi connectivity index (χ4n) is 7.26. The Balaban J connectivity index is 1.29. The number of likely N-dealkylation sites (tertiary alicyclic amines) is 1. The number of hydrogen-bond donors (Lipinski definition) is 1. The lowest BCUT2D eigenvalue weighted by Gasteiger charge is -2.41. The summed E-state index contributed by atoms with van der Waals surface area (Å²) in [5.74, 6) is -0.121. The highest BCUT2D eigenvalue weighted by Gasteiger charge is 2.36. The number of halogens is 1. The number of rotatable bonds is 11. The summed E-state index contributed by atoms with van der Waals surface area (Å²) in [6, 6.07) is 13.0. The minimum absolute atomic E-state index is 0.151. The van der Waals surface area contributed by atoms with Gasteiger partial charge in [-0.2, -0.15) is 9.97 Å². The Morgan fingerprint density at radius 2 is 1.92 bits per heavy atom. The number of aliphatic carboxylic acids is 1. The molecule has 0 saturated carbocycles. The molecule has 1 N–H and O–H groups in total. The van der Waals surface area contributed by atoms with Crippen molar-refractivity contribution in [3.8, 4) is 6.01 Å². The molecule has 2 aromatic carbocycles. The fraction of sp³-hybridized carbons (Fsp3) is 0.486. The second-order valence-corrected chi connectivity index (χ2v) is 15.0. The van der Waals surface area contributed by atoms with Crippen LogP contribution < -0.4 is 14.5 Å². The number of carbonyl (C=O) groups is 2. The van der Waals surface area contributed by atoms with E-state index < -0.39 is 11.4 Å². The second-order valence-electron chi connectivity index (χ2n) is 13.8. The number of ether oxygens (including phenoxy) is 1. The van der Waals surface area contributed by atoms with E-state index in [2.05, 4.69) is 85.1 Å². The Morgan fingerprint density at radius 1 is 1.12 bits per heavy atom. The van der Waals surface area contributed by atoms with Crippen LogP contribution in [-0.2, 0) is 22.6 Å². The van der Waals surface area contributed by atoms with Crippen LogP contribution in [0.15, 0.2) is 49.1 Å². The van der Waals surface area contributed by atoms with Crippen LogP contribution in [0.1, 0.15) is 44.4 Å². The monoisotopic (exact) mass is 777 g/mol. The number of carboxylic acid groups (broad SMARTS) is 1. The van der Waals surface area contributed by atoms with E-state index in [1.807, 2.05) is 0 Å². The van der Waals surface area contributed by atoms with Gasteiger partial charge < -0.3 is 29.4 Å². The third kappa shape index (κ3) is 7.48. The van der Waals surface area contributed by atoms with Crippen LogP contribution in [0.25, 0.3) is 15.6 Å². The van der Waals surface area contributed by atoms with E-state index >= 15 is 0 Å². The standard InChI is InChI=1S/C37H44IN7O4/c1-5-32(46)45-20-19-44(22-27(45)21-39-4)34-28-14-17-43(31-13-7-10-25-9-6-12-29(38)33(25)31)23-30(28)40-36(41-34)49-24-26-11-8-16-42(26)18-15-37(2,3)35(47)48/h5-7,9-10,12-13,26-27H,1,8,11,14-24H2,2-3H3,(H,47,48)/t26-,27-/m0/s1. The number of carboxylic acids is 1. The maximum Gasteiger partial charge on any atom is 0.318 e. The lowest BCUT2D eigenvalue weighted by Crippen LogP contribution is -2.56. The van der Waals surface area contributed by atoms with Gasteiger partial charge in [0.15, 0.2) is 0 Å². The normalized spacial score (nSPS) is 19.8. The first-order chi connectivity index (χ1) is 23.6. The molecule has 0 spiro atoms. The minimum atomic E-state index is -0.788. The summed E-state index contributed by atoms with van der Waals surface area (Å²) in [6.07, 6.45) is 4.64. The van der Waals surface area contributed by atoms with Crippen LogP contribution in [0.5, 0.6) is 6.01 Å². The van der Waals surface area contributed by atoms with Crippen molar-refractivity contribution in [3.63, 3.8) is 0 Å². The molecule has 2 saturated heterocycles. The molecule has 12 heteroatoms. The fourth-order valence-corrected chi connectivity index (χ4v) is 8.05. The van der Waals surface area contributed by atoms with Crippen LogP contribution >= 0.6 is 22.6 Å². The number of nitrogens with zero attached hydrogens (tertiary/aromatic N) is 7. The molecule has 49 heavy (non-hydrogen) atoms. The van der Waals surface area contributed by atoms with E-state index in [4.69, 9.17) is 21.3 Å². The molecular formula is C37H44IN7O4. The van der Waals surface area contributed by atoms with E-state index in [0.717, 1.165) is 49.4 Å². The van der Waals surface area contributed by atoms with Gasteiger partial charge in [-0.1, -0.05) is 30.8 Å². The first-order valence-corrected chi connectivity index (χ1v) is 18.1. The summed E-state index contributed by atoms with van der Waals surface area (Å²) in [4.78, 5) is 46.7. The molecule has 0 bridgehead atoms. The molecule has 0 radical (unpaired) electrons. The number of aromatic nitrogens is 2. The average molecular weight is 778 g/mol. The molecule has 1 amide bonds. The third-order valence-electron chi connectivity index (χ3n) is 10.2. The zero-order valence-corrected chi connectivity index (χ0v) is 30.4. The van der Waals surface area contributed by atoms with Crippen molar-refractivity contribution < 1.29 is 19.4 Å². The average Bonchev–Trinajstić information content (AvgIpc) is 3.56. The quantitative estimate of drug-likeness (QED) is 0.159. The van der Waals surface area contributed by atoms with Crippen LogP contribution in [0, 0.1) is 15.6 Å². The van der Waals surface area contributed by atoms with Crippen LogP contribution in [0.4, 0.5) is 11.5 Å². The van der Waals surface area contributed by atoms with Gasteiger partial charge in [-0.25, -0.2) is 6.57 Å². The second kappa shape index (κ2) is 14.9. The Labute approximate surface area is 301 Å². The molecule has 11 nitrogen and oxygen atoms in total. The largest absolute Gasteiger partial charge is 0.481 e.